The van der Waals surface area contributed by atoms with E-state index in [1.165, 1.54) is 11.3 Å². The van der Waals surface area contributed by atoms with Gasteiger partial charge >= 0.3 is 0 Å². The summed E-state index contributed by atoms with van der Waals surface area (Å²) in [6, 6.07) is 0. The van der Waals surface area contributed by atoms with E-state index in [-0.39, 0.29) is 5.91 Å². The van der Waals surface area contributed by atoms with Gasteiger partial charge in [-0.3, -0.25) is 4.79 Å². The van der Waals surface area contributed by atoms with Crippen LogP contribution in [-0.4, -0.2) is 34.2 Å². The Morgan fingerprint density at radius 3 is 2.73 bits per heavy atom. The van der Waals surface area contributed by atoms with E-state index < -0.39 is 0 Å². The average molecular weight is 289 g/mol. The third-order valence-electron chi connectivity index (χ3n) is 2.56. The fraction of sp³-hybridized carbons (Fsp3) is 0.600. The van der Waals surface area contributed by atoms with E-state index in [0.717, 1.165) is 34.0 Å². The summed E-state index contributed by atoms with van der Waals surface area (Å²) < 4.78 is 0. The number of hydrogen-bond acceptors (Lipinski definition) is 3. The van der Waals surface area contributed by atoms with Crippen LogP contribution in [0.25, 0.3) is 0 Å². The minimum atomic E-state index is 0.148. The van der Waals surface area contributed by atoms with Gasteiger partial charge in [-0.1, -0.05) is 15.9 Å². The Kier molecular flexibility index (Phi) is 3.11. The summed E-state index contributed by atoms with van der Waals surface area (Å²) in [5.41, 5.74) is 0.866. The number of likely N-dealkylation sites (tertiary alicyclic amines) is 1. The highest BCUT2D eigenvalue weighted by Crippen LogP contribution is 2.24. The van der Waals surface area contributed by atoms with Gasteiger partial charge in [0.25, 0.3) is 5.91 Å². The molecule has 0 N–H and O–H groups in total. The Labute approximate surface area is 102 Å². The van der Waals surface area contributed by atoms with Crippen molar-refractivity contribution in [2.75, 3.05) is 18.4 Å². The minimum Gasteiger partial charge on any atom is -0.337 e. The van der Waals surface area contributed by atoms with Gasteiger partial charge in [0.2, 0.25) is 0 Å². The van der Waals surface area contributed by atoms with Crippen molar-refractivity contribution in [3.63, 3.8) is 0 Å². The highest BCUT2D eigenvalue weighted by Gasteiger charge is 2.31. The topological polar surface area (TPSA) is 33.2 Å². The van der Waals surface area contributed by atoms with E-state index in [2.05, 4.69) is 20.9 Å². The molecule has 1 amide bonds. The van der Waals surface area contributed by atoms with Crippen molar-refractivity contribution in [1.82, 2.24) is 9.88 Å². The van der Waals surface area contributed by atoms with Gasteiger partial charge in [-0.05, 0) is 13.8 Å². The Morgan fingerprint density at radius 2 is 2.27 bits per heavy atom. The monoisotopic (exact) mass is 288 g/mol. The van der Waals surface area contributed by atoms with Crippen LogP contribution in [0.3, 0.4) is 0 Å². The lowest BCUT2D eigenvalue weighted by atomic mass is 10.0. The van der Waals surface area contributed by atoms with Gasteiger partial charge in [-0.15, -0.1) is 11.3 Å². The molecule has 0 spiro atoms. The number of thiazole rings is 1. The zero-order valence-electron chi connectivity index (χ0n) is 8.79. The molecule has 1 aliphatic rings. The van der Waals surface area contributed by atoms with Gasteiger partial charge in [0.05, 0.1) is 10.7 Å². The largest absolute Gasteiger partial charge is 0.337 e. The molecule has 1 aromatic heterocycles. The summed E-state index contributed by atoms with van der Waals surface area (Å²) in [6.45, 7) is 5.59. The second-order valence-electron chi connectivity index (χ2n) is 3.88. The molecule has 0 saturated carbocycles. The SMILES string of the molecule is Cc1nc(C)c(C(=O)N2CC(CBr)C2)s1. The summed E-state index contributed by atoms with van der Waals surface area (Å²) in [5, 5.41) is 1.95. The van der Waals surface area contributed by atoms with E-state index in [4.69, 9.17) is 0 Å². The Bertz CT molecular complexity index is 385. The molecule has 0 aromatic carbocycles. The van der Waals surface area contributed by atoms with Gasteiger partial charge in [-0.25, -0.2) is 4.98 Å². The van der Waals surface area contributed by atoms with Crippen molar-refractivity contribution in [3.05, 3.63) is 15.6 Å². The highest BCUT2D eigenvalue weighted by atomic mass is 79.9. The fourth-order valence-electron chi connectivity index (χ4n) is 1.71. The zero-order chi connectivity index (χ0) is 11.0. The molecule has 0 unspecified atom stereocenters. The molecule has 0 bridgehead atoms. The highest BCUT2D eigenvalue weighted by molar-refractivity contribution is 9.09. The predicted molar refractivity (Wildman–Crippen MR) is 64.8 cm³/mol. The first-order valence-corrected chi connectivity index (χ1v) is 6.85. The molecule has 1 aliphatic heterocycles. The maximum Gasteiger partial charge on any atom is 0.265 e. The first kappa shape index (κ1) is 11.1. The van der Waals surface area contributed by atoms with Gasteiger partial charge in [0.15, 0.2) is 0 Å². The Morgan fingerprint density at radius 1 is 1.60 bits per heavy atom. The summed E-state index contributed by atoms with van der Waals surface area (Å²) in [6.07, 6.45) is 0. The summed E-state index contributed by atoms with van der Waals surface area (Å²) >= 11 is 4.92. The van der Waals surface area contributed by atoms with Gasteiger partial charge in [0.1, 0.15) is 4.88 Å². The molecule has 2 heterocycles. The molecule has 5 heteroatoms. The number of aromatic nitrogens is 1. The zero-order valence-corrected chi connectivity index (χ0v) is 11.2. The van der Waals surface area contributed by atoms with Crippen molar-refractivity contribution in [2.45, 2.75) is 13.8 Å². The molecule has 82 valence electrons. The number of nitrogens with zero attached hydrogens (tertiary/aromatic N) is 2. The molecule has 0 atom stereocenters. The molecule has 1 aromatic rings. The van der Waals surface area contributed by atoms with Crippen molar-refractivity contribution < 1.29 is 4.79 Å². The number of hydrogen-bond donors (Lipinski definition) is 0. The number of rotatable bonds is 2. The molecule has 0 aliphatic carbocycles. The van der Waals surface area contributed by atoms with Crippen LogP contribution >= 0.6 is 27.3 Å². The van der Waals surface area contributed by atoms with Crippen molar-refractivity contribution in [1.29, 1.82) is 0 Å². The number of carbonyl (C=O) groups excluding carboxylic acids is 1. The van der Waals surface area contributed by atoms with Crippen LogP contribution in [0, 0.1) is 19.8 Å². The van der Waals surface area contributed by atoms with Crippen LogP contribution in [0.5, 0.6) is 0 Å². The van der Waals surface area contributed by atoms with Gasteiger partial charge in [0, 0.05) is 24.3 Å². The van der Waals surface area contributed by atoms with Crippen LogP contribution < -0.4 is 0 Å². The van der Waals surface area contributed by atoms with Crippen LogP contribution in [0.15, 0.2) is 0 Å². The molecular formula is C10H13BrN2OS. The second kappa shape index (κ2) is 4.22. The van der Waals surface area contributed by atoms with Crippen LogP contribution in [0.4, 0.5) is 0 Å². The molecule has 0 radical (unpaired) electrons. The standard InChI is InChI=1S/C10H13BrN2OS/c1-6-9(15-7(2)12-6)10(14)13-4-8(3-11)5-13/h8H,3-5H2,1-2H3. The lowest BCUT2D eigenvalue weighted by Gasteiger charge is -2.38. The predicted octanol–water partition coefficient (Wildman–Crippen LogP) is 2.23. The van der Waals surface area contributed by atoms with Crippen molar-refractivity contribution in [3.8, 4) is 0 Å². The maximum atomic E-state index is 12.0. The fourth-order valence-corrected chi connectivity index (χ4v) is 3.00. The van der Waals surface area contributed by atoms with E-state index in [9.17, 15) is 4.79 Å². The van der Waals surface area contributed by atoms with E-state index in [1.54, 1.807) is 0 Å². The number of aryl methyl sites for hydroxylation is 2. The number of carbonyl (C=O) groups is 1. The molecule has 3 nitrogen and oxygen atoms in total. The third-order valence-corrected chi connectivity index (χ3v) is 4.54. The third kappa shape index (κ3) is 2.08. The quantitative estimate of drug-likeness (QED) is 0.782. The summed E-state index contributed by atoms with van der Waals surface area (Å²) in [5.74, 6) is 0.776. The smallest absolute Gasteiger partial charge is 0.265 e. The normalized spacial score (nSPS) is 16.6. The summed E-state index contributed by atoms with van der Waals surface area (Å²) in [4.78, 5) is 19.0. The summed E-state index contributed by atoms with van der Waals surface area (Å²) in [7, 11) is 0. The van der Waals surface area contributed by atoms with E-state index in [0.29, 0.717) is 5.92 Å². The van der Waals surface area contributed by atoms with Crippen molar-refractivity contribution >= 4 is 33.2 Å². The Hall–Kier alpha value is -0.420. The van der Waals surface area contributed by atoms with Crippen molar-refractivity contribution in [2.24, 2.45) is 5.92 Å². The molecule has 1 fully saturated rings. The molecule has 1 saturated heterocycles. The average Bonchev–Trinajstić information content (AvgIpc) is 2.43. The first-order valence-electron chi connectivity index (χ1n) is 4.91. The molecular weight excluding hydrogens is 276 g/mol. The second-order valence-corrected chi connectivity index (χ2v) is 5.73. The minimum absolute atomic E-state index is 0.148. The lowest BCUT2D eigenvalue weighted by Crippen LogP contribution is -2.50. The Balaban J connectivity index is 2.06. The maximum absolute atomic E-state index is 12.0. The first-order chi connectivity index (χ1) is 7.11. The van der Waals surface area contributed by atoms with Crippen LogP contribution in [0.1, 0.15) is 20.4 Å². The van der Waals surface area contributed by atoms with E-state index in [1.807, 2.05) is 18.7 Å². The number of alkyl halides is 1. The van der Waals surface area contributed by atoms with Gasteiger partial charge in [-0.2, -0.15) is 0 Å². The molecule has 2 rings (SSSR count). The van der Waals surface area contributed by atoms with E-state index >= 15 is 0 Å². The molecule has 15 heavy (non-hydrogen) atoms. The van der Waals surface area contributed by atoms with Crippen LogP contribution in [0.2, 0.25) is 0 Å². The number of amides is 1. The van der Waals surface area contributed by atoms with Gasteiger partial charge < -0.3 is 4.90 Å². The lowest BCUT2D eigenvalue weighted by molar-refractivity contribution is 0.0543. The van der Waals surface area contributed by atoms with Crippen LogP contribution in [-0.2, 0) is 0 Å². The number of halogens is 1.